The van der Waals surface area contributed by atoms with Crippen molar-refractivity contribution in [3.63, 3.8) is 0 Å². The van der Waals surface area contributed by atoms with E-state index in [1.54, 1.807) is 13.8 Å². The Bertz CT molecular complexity index is 715. The highest BCUT2D eigenvalue weighted by atomic mass is 32.1. The van der Waals surface area contributed by atoms with Gasteiger partial charge in [-0.05, 0) is 5.56 Å². The average Bonchev–Trinajstić information content (AvgIpc) is 2.68. The molecule has 1 heterocycles. The fourth-order valence-electron chi connectivity index (χ4n) is 2.50. The van der Waals surface area contributed by atoms with E-state index in [1.807, 2.05) is 30.3 Å². The Balaban J connectivity index is 1.90. The minimum Gasteiger partial charge on any atom is -0.355 e. The van der Waals surface area contributed by atoms with Crippen LogP contribution < -0.4 is 10.6 Å². The molecule has 1 aromatic carbocycles. The van der Waals surface area contributed by atoms with Gasteiger partial charge in [-0.25, -0.2) is 4.57 Å². The van der Waals surface area contributed by atoms with Gasteiger partial charge in [-0.2, -0.15) is 12.6 Å². The van der Waals surface area contributed by atoms with Gasteiger partial charge in [-0.3, -0.25) is 23.2 Å². The van der Waals surface area contributed by atoms with Crippen LogP contribution in [-0.2, 0) is 34.3 Å². The highest BCUT2D eigenvalue weighted by Crippen LogP contribution is 2.57. The third-order valence-electron chi connectivity index (χ3n) is 4.09. The zero-order chi connectivity index (χ0) is 20.6. The van der Waals surface area contributed by atoms with Crippen LogP contribution in [0.15, 0.2) is 30.3 Å². The molecule has 2 amide bonds. The van der Waals surface area contributed by atoms with Crippen molar-refractivity contribution in [2.45, 2.75) is 33.0 Å². The first-order chi connectivity index (χ1) is 13.3. The molecule has 28 heavy (non-hydrogen) atoms. The maximum absolute atomic E-state index is 12.8. The van der Waals surface area contributed by atoms with E-state index in [9.17, 15) is 14.2 Å². The van der Waals surface area contributed by atoms with Gasteiger partial charge in [0.15, 0.2) is 6.10 Å². The minimum atomic E-state index is -3.88. The van der Waals surface area contributed by atoms with E-state index >= 15 is 0 Å². The number of thiol groups is 1. The summed E-state index contributed by atoms with van der Waals surface area (Å²) < 4.78 is 29.0. The normalized spacial score (nSPS) is 23.8. The van der Waals surface area contributed by atoms with Crippen LogP contribution in [0, 0.1) is 5.41 Å². The smallest absolute Gasteiger partial charge is 0.355 e. The van der Waals surface area contributed by atoms with Gasteiger partial charge in [0.05, 0.1) is 13.2 Å². The molecule has 1 aliphatic heterocycles. The molecule has 0 aromatic heterocycles. The molecule has 1 saturated heterocycles. The van der Waals surface area contributed by atoms with E-state index < -0.39 is 25.2 Å². The molecule has 1 fully saturated rings. The minimum absolute atomic E-state index is 0.0399. The first-order valence-electron chi connectivity index (χ1n) is 9.02. The van der Waals surface area contributed by atoms with E-state index in [1.165, 1.54) is 0 Å². The Kier molecular flexibility index (Phi) is 8.52. The molecule has 0 bridgehead atoms. The van der Waals surface area contributed by atoms with Crippen LogP contribution in [-0.4, -0.2) is 43.4 Å². The molecule has 1 aromatic rings. The Labute approximate surface area is 170 Å². The van der Waals surface area contributed by atoms with E-state index in [2.05, 4.69) is 23.3 Å². The van der Waals surface area contributed by atoms with E-state index in [-0.39, 0.29) is 32.1 Å². The standard InChI is InChI=1S/C18H27N2O6PS/c1-18(2)13-25-27(23,24-12-14-6-4-3-5-7-14)26-16(18)17(22)20-9-8-15(21)19-10-11-28/h3-7,16,28H,8-13H2,1-2H3,(H,19,21)(H,20,22)/t16-,27?/m0/s1. The Morgan fingerprint density at radius 1 is 1.25 bits per heavy atom. The largest absolute Gasteiger partial charge is 0.475 e. The molecule has 0 aliphatic carbocycles. The summed E-state index contributed by atoms with van der Waals surface area (Å²) in [6, 6.07) is 9.18. The summed E-state index contributed by atoms with van der Waals surface area (Å²) >= 11 is 4.01. The Morgan fingerprint density at radius 3 is 2.64 bits per heavy atom. The van der Waals surface area contributed by atoms with Gasteiger partial charge < -0.3 is 10.6 Å². The summed E-state index contributed by atoms with van der Waals surface area (Å²) in [6.45, 7) is 4.24. The molecule has 2 rings (SSSR count). The molecule has 10 heteroatoms. The fourth-order valence-corrected chi connectivity index (χ4v) is 4.24. The molecular formula is C18H27N2O6PS. The van der Waals surface area contributed by atoms with Crippen LogP contribution >= 0.6 is 20.5 Å². The third kappa shape index (κ3) is 6.90. The van der Waals surface area contributed by atoms with Crippen LogP contribution in [0.25, 0.3) is 0 Å². The van der Waals surface area contributed by atoms with Gasteiger partial charge in [0.1, 0.15) is 0 Å². The number of amides is 2. The molecule has 2 atom stereocenters. The number of carbonyl (C=O) groups excluding carboxylic acids is 2. The van der Waals surface area contributed by atoms with Crippen LogP contribution in [0.4, 0.5) is 0 Å². The van der Waals surface area contributed by atoms with Gasteiger partial charge in [0, 0.05) is 30.7 Å². The van der Waals surface area contributed by atoms with Crippen molar-refractivity contribution in [1.82, 2.24) is 10.6 Å². The molecule has 0 saturated carbocycles. The number of hydrogen-bond acceptors (Lipinski definition) is 7. The summed E-state index contributed by atoms with van der Waals surface area (Å²) in [6.07, 6.45) is -0.894. The fraction of sp³-hybridized carbons (Fsp3) is 0.556. The van der Waals surface area contributed by atoms with Crippen LogP contribution in [0.1, 0.15) is 25.8 Å². The number of benzene rings is 1. The lowest BCUT2D eigenvalue weighted by atomic mass is 9.87. The number of phosphoric acid groups is 1. The molecular weight excluding hydrogens is 403 g/mol. The van der Waals surface area contributed by atoms with Gasteiger partial charge >= 0.3 is 7.82 Å². The highest BCUT2D eigenvalue weighted by molar-refractivity contribution is 7.80. The molecule has 156 valence electrons. The topological polar surface area (TPSA) is 103 Å². The summed E-state index contributed by atoms with van der Waals surface area (Å²) in [5.74, 6) is -0.0993. The van der Waals surface area contributed by atoms with E-state index in [0.29, 0.717) is 12.3 Å². The maximum atomic E-state index is 12.8. The lowest BCUT2D eigenvalue weighted by Gasteiger charge is -2.39. The number of hydrogen-bond donors (Lipinski definition) is 3. The number of phosphoric ester groups is 1. The summed E-state index contributed by atoms with van der Waals surface area (Å²) in [5.41, 5.74) is 0.102. The summed E-state index contributed by atoms with van der Waals surface area (Å²) in [5, 5.41) is 5.32. The highest BCUT2D eigenvalue weighted by Gasteiger charge is 2.49. The van der Waals surface area contributed by atoms with Crippen molar-refractivity contribution in [3.05, 3.63) is 35.9 Å². The zero-order valence-electron chi connectivity index (χ0n) is 16.1. The van der Waals surface area contributed by atoms with Crippen molar-refractivity contribution in [1.29, 1.82) is 0 Å². The Hall–Kier alpha value is -1.38. The third-order valence-corrected chi connectivity index (χ3v) is 5.68. The van der Waals surface area contributed by atoms with Gasteiger partial charge in [-0.1, -0.05) is 44.2 Å². The van der Waals surface area contributed by atoms with Crippen molar-refractivity contribution < 1.29 is 27.7 Å². The van der Waals surface area contributed by atoms with Crippen molar-refractivity contribution in [3.8, 4) is 0 Å². The predicted octanol–water partition coefficient (Wildman–Crippen LogP) is 2.31. The first kappa shape index (κ1) is 22.9. The second kappa shape index (κ2) is 10.4. The van der Waals surface area contributed by atoms with Gasteiger partial charge in [0.25, 0.3) is 0 Å². The second-order valence-electron chi connectivity index (χ2n) is 7.07. The zero-order valence-corrected chi connectivity index (χ0v) is 17.8. The maximum Gasteiger partial charge on any atom is 0.475 e. The first-order valence-corrected chi connectivity index (χ1v) is 11.1. The SMILES string of the molecule is CC1(C)COP(=O)(OCc2ccccc2)O[C@H]1C(=O)NCCC(=O)NCCS. The van der Waals surface area contributed by atoms with E-state index in [4.69, 9.17) is 13.6 Å². The predicted molar refractivity (Wildman–Crippen MR) is 108 cm³/mol. The molecule has 1 aliphatic rings. The summed E-state index contributed by atoms with van der Waals surface area (Å²) in [7, 11) is -3.88. The molecule has 0 radical (unpaired) electrons. The molecule has 8 nitrogen and oxygen atoms in total. The second-order valence-corrected chi connectivity index (χ2v) is 9.14. The van der Waals surface area contributed by atoms with Crippen LogP contribution in [0.5, 0.6) is 0 Å². The lowest BCUT2D eigenvalue weighted by molar-refractivity contribution is -0.141. The lowest BCUT2D eigenvalue weighted by Crippen LogP contribution is -2.50. The van der Waals surface area contributed by atoms with Gasteiger partial charge in [0.2, 0.25) is 11.8 Å². The van der Waals surface area contributed by atoms with Crippen molar-refractivity contribution in [2.75, 3.05) is 25.4 Å². The number of nitrogens with one attached hydrogen (secondary N) is 2. The van der Waals surface area contributed by atoms with Crippen molar-refractivity contribution >= 4 is 32.3 Å². The van der Waals surface area contributed by atoms with Crippen LogP contribution in [0.3, 0.4) is 0 Å². The van der Waals surface area contributed by atoms with E-state index in [0.717, 1.165) is 5.56 Å². The van der Waals surface area contributed by atoms with Crippen LogP contribution in [0.2, 0.25) is 0 Å². The number of carbonyl (C=O) groups is 2. The monoisotopic (exact) mass is 430 g/mol. The molecule has 2 N–H and O–H groups in total. The number of rotatable bonds is 9. The summed E-state index contributed by atoms with van der Waals surface area (Å²) in [4.78, 5) is 24.2. The van der Waals surface area contributed by atoms with Gasteiger partial charge in [-0.15, -0.1) is 0 Å². The average molecular weight is 430 g/mol. The quantitative estimate of drug-likeness (QED) is 0.410. The molecule has 1 unspecified atom stereocenters. The Morgan fingerprint density at radius 2 is 1.96 bits per heavy atom. The van der Waals surface area contributed by atoms with Crippen molar-refractivity contribution in [2.24, 2.45) is 5.41 Å². The molecule has 0 spiro atoms.